The largest absolute Gasteiger partial charge is 0.480 e. The topological polar surface area (TPSA) is 172 Å². The molecule has 3 atom stereocenters. The minimum Gasteiger partial charge on any atom is -0.480 e. The van der Waals surface area contributed by atoms with Gasteiger partial charge in [0.15, 0.2) is 5.96 Å². The molecule has 3 unspecified atom stereocenters. The van der Waals surface area contributed by atoms with Crippen molar-refractivity contribution >= 4 is 23.7 Å². The van der Waals surface area contributed by atoms with Crippen molar-refractivity contribution in [1.29, 1.82) is 0 Å². The lowest BCUT2D eigenvalue weighted by molar-refractivity contribution is -0.142. The van der Waals surface area contributed by atoms with Crippen LogP contribution in [0.4, 0.5) is 0 Å². The standard InChI is InChI=1S/C20H30N6O4/c21-20(22)24-11-5-9-15(25-17(27)14-8-4-10-23-14)18(28)26-16(19(29)30)12-13-6-2-1-3-7-13/h1-3,6-7,14-16,23H,4-5,8-12H2,(H,25,27)(H,26,28)(H,29,30)(H4,21,22,24). The molecule has 1 saturated heterocycles. The van der Waals surface area contributed by atoms with Crippen LogP contribution in [0.15, 0.2) is 35.3 Å². The highest BCUT2D eigenvalue weighted by atomic mass is 16.4. The molecule has 2 rings (SSSR count). The van der Waals surface area contributed by atoms with E-state index >= 15 is 0 Å². The highest BCUT2D eigenvalue weighted by molar-refractivity contribution is 5.92. The van der Waals surface area contributed by atoms with Crippen LogP contribution in [0.3, 0.4) is 0 Å². The van der Waals surface area contributed by atoms with Crippen LogP contribution >= 0.6 is 0 Å². The number of guanidine groups is 1. The van der Waals surface area contributed by atoms with E-state index in [0.717, 1.165) is 18.5 Å². The fraction of sp³-hybridized carbons (Fsp3) is 0.500. The molecule has 0 saturated carbocycles. The number of carboxylic acid groups (broad SMARTS) is 1. The van der Waals surface area contributed by atoms with Gasteiger partial charge in [-0.05, 0) is 37.8 Å². The predicted octanol–water partition coefficient (Wildman–Crippen LogP) is -0.911. The minimum atomic E-state index is -1.14. The van der Waals surface area contributed by atoms with E-state index < -0.39 is 24.0 Å². The summed E-state index contributed by atoms with van der Waals surface area (Å²) in [5.41, 5.74) is 11.4. The van der Waals surface area contributed by atoms with Crippen LogP contribution in [0.1, 0.15) is 31.2 Å². The summed E-state index contributed by atoms with van der Waals surface area (Å²) in [7, 11) is 0. The third kappa shape index (κ3) is 7.70. The Balaban J connectivity index is 2.03. The molecule has 10 heteroatoms. The number of aliphatic carboxylic acids is 1. The van der Waals surface area contributed by atoms with Crippen LogP contribution in [0.5, 0.6) is 0 Å². The molecule has 0 aromatic heterocycles. The van der Waals surface area contributed by atoms with E-state index in [1.54, 1.807) is 24.3 Å². The highest BCUT2D eigenvalue weighted by Gasteiger charge is 2.29. The van der Waals surface area contributed by atoms with Gasteiger partial charge in [0.2, 0.25) is 11.8 Å². The van der Waals surface area contributed by atoms with Crippen molar-refractivity contribution in [2.45, 2.75) is 50.2 Å². The summed E-state index contributed by atoms with van der Waals surface area (Å²) in [4.78, 5) is 40.9. The third-order valence-corrected chi connectivity index (χ3v) is 4.85. The maximum atomic E-state index is 12.8. The molecule has 1 fully saturated rings. The van der Waals surface area contributed by atoms with Gasteiger partial charge in [-0.25, -0.2) is 4.79 Å². The number of hydrogen-bond donors (Lipinski definition) is 6. The normalized spacial score (nSPS) is 17.5. The first-order valence-electron chi connectivity index (χ1n) is 10.0. The number of nitrogens with zero attached hydrogens (tertiary/aromatic N) is 1. The number of carbonyl (C=O) groups is 3. The van der Waals surface area contributed by atoms with Gasteiger partial charge in [0.05, 0.1) is 6.04 Å². The van der Waals surface area contributed by atoms with E-state index in [2.05, 4.69) is 20.9 Å². The number of nitrogens with two attached hydrogens (primary N) is 2. The van der Waals surface area contributed by atoms with Crippen molar-refractivity contribution in [3.63, 3.8) is 0 Å². The van der Waals surface area contributed by atoms with Crippen molar-refractivity contribution in [3.05, 3.63) is 35.9 Å². The van der Waals surface area contributed by atoms with Gasteiger partial charge in [0, 0.05) is 13.0 Å². The van der Waals surface area contributed by atoms with Crippen LogP contribution in [0.25, 0.3) is 0 Å². The Hall–Kier alpha value is -3.14. The molecule has 164 valence electrons. The second kappa shape index (κ2) is 11.8. The Morgan fingerprint density at radius 2 is 1.90 bits per heavy atom. The smallest absolute Gasteiger partial charge is 0.326 e. The second-order valence-corrected chi connectivity index (χ2v) is 7.25. The number of rotatable bonds is 11. The van der Waals surface area contributed by atoms with Crippen molar-refractivity contribution < 1.29 is 19.5 Å². The van der Waals surface area contributed by atoms with Crippen LogP contribution in [-0.4, -0.2) is 60.1 Å². The molecule has 1 heterocycles. The first-order chi connectivity index (χ1) is 14.4. The number of amides is 2. The van der Waals surface area contributed by atoms with Gasteiger partial charge in [0.1, 0.15) is 12.1 Å². The van der Waals surface area contributed by atoms with E-state index in [0.29, 0.717) is 19.4 Å². The molecule has 0 aliphatic carbocycles. The molecule has 10 nitrogen and oxygen atoms in total. The maximum Gasteiger partial charge on any atom is 0.326 e. The first-order valence-corrected chi connectivity index (χ1v) is 10.0. The Bertz CT molecular complexity index is 745. The maximum absolute atomic E-state index is 12.8. The number of benzene rings is 1. The van der Waals surface area contributed by atoms with Crippen molar-refractivity contribution in [1.82, 2.24) is 16.0 Å². The molecule has 1 aromatic rings. The van der Waals surface area contributed by atoms with E-state index in [1.807, 2.05) is 6.07 Å². The van der Waals surface area contributed by atoms with E-state index in [1.165, 1.54) is 0 Å². The number of carboxylic acids is 1. The van der Waals surface area contributed by atoms with Gasteiger partial charge in [-0.2, -0.15) is 0 Å². The fourth-order valence-corrected chi connectivity index (χ4v) is 3.28. The zero-order valence-corrected chi connectivity index (χ0v) is 16.8. The van der Waals surface area contributed by atoms with Crippen molar-refractivity contribution in [2.24, 2.45) is 16.5 Å². The van der Waals surface area contributed by atoms with Gasteiger partial charge in [-0.1, -0.05) is 30.3 Å². The molecule has 1 aromatic carbocycles. The Morgan fingerprint density at radius 3 is 2.50 bits per heavy atom. The van der Waals surface area contributed by atoms with Gasteiger partial charge < -0.3 is 32.5 Å². The SMILES string of the molecule is NC(N)=NCCCC(NC(=O)C1CCCN1)C(=O)NC(Cc1ccccc1)C(=O)O. The lowest BCUT2D eigenvalue weighted by Gasteiger charge is -2.23. The number of nitrogens with one attached hydrogen (secondary N) is 3. The van der Waals surface area contributed by atoms with Gasteiger partial charge in [-0.15, -0.1) is 0 Å². The van der Waals surface area contributed by atoms with Crippen LogP contribution < -0.4 is 27.4 Å². The average Bonchev–Trinajstić information content (AvgIpc) is 3.25. The summed E-state index contributed by atoms with van der Waals surface area (Å²) in [6.07, 6.45) is 2.45. The second-order valence-electron chi connectivity index (χ2n) is 7.25. The minimum absolute atomic E-state index is 0.0519. The van der Waals surface area contributed by atoms with Crippen LogP contribution in [0.2, 0.25) is 0 Å². The molecule has 1 aliphatic heterocycles. The monoisotopic (exact) mass is 418 g/mol. The molecule has 0 spiro atoms. The van der Waals surface area contributed by atoms with Crippen molar-refractivity contribution in [2.75, 3.05) is 13.1 Å². The fourth-order valence-electron chi connectivity index (χ4n) is 3.28. The number of aliphatic imine (C=N–C) groups is 1. The molecule has 30 heavy (non-hydrogen) atoms. The van der Waals surface area contributed by atoms with E-state index in [4.69, 9.17) is 11.5 Å². The van der Waals surface area contributed by atoms with E-state index in [-0.39, 0.29) is 30.8 Å². The molecule has 0 radical (unpaired) electrons. The van der Waals surface area contributed by atoms with E-state index in [9.17, 15) is 19.5 Å². The zero-order valence-electron chi connectivity index (χ0n) is 16.8. The van der Waals surface area contributed by atoms with Crippen LogP contribution in [-0.2, 0) is 20.8 Å². The summed E-state index contributed by atoms with van der Waals surface area (Å²) in [6, 6.07) is 6.68. The highest BCUT2D eigenvalue weighted by Crippen LogP contribution is 2.08. The molecular weight excluding hydrogens is 388 g/mol. The average molecular weight is 418 g/mol. The Labute approximate surface area is 175 Å². The zero-order chi connectivity index (χ0) is 21.9. The summed E-state index contributed by atoms with van der Waals surface area (Å²) >= 11 is 0. The molecule has 1 aliphatic rings. The number of hydrogen-bond acceptors (Lipinski definition) is 5. The lowest BCUT2D eigenvalue weighted by atomic mass is 10.0. The van der Waals surface area contributed by atoms with Crippen LogP contribution in [0, 0.1) is 0 Å². The van der Waals surface area contributed by atoms with Crippen molar-refractivity contribution in [3.8, 4) is 0 Å². The summed E-state index contributed by atoms with van der Waals surface area (Å²) in [6.45, 7) is 1.05. The first kappa shape index (κ1) is 23.1. The summed E-state index contributed by atoms with van der Waals surface area (Å²) in [5, 5.41) is 17.9. The molecule has 0 bridgehead atoms. The quantitative estimate of drug-likeness (QED) is 0.153. The Morgan fingerprint density at radius 1 is 1.17 bits per heavy atom. The predicted molar refractivity (Wildman–Crippen MR) is 113 cm³/mol. The molecule has 2 amide bonds. The Kier molecular flexibility index (Phi) is 9.07. The van der Waals surface area contributed by atoms with Gasteiger partial charge in [0.25, 0.3) is 0 Å². The van der Waals surface area contributed by atoms with Gasteiger partial charge >= 0.3 is 5.97 Å². The summed E-state index contributed by atoms with van der Waals surface area (Å²) in [5.74, 6) is -2.02. The molecule has 8 N–H and O–H groups in total. The third-order valence-electron chi connectivity index (χ3n) is 4.85. The molecular formula is C20H30N6O4. The summed E-state index contributed by atoms with van der Waals surface area (Å²) < 4.78 is 0. The van der Waals surface area contributed by atoms with Gasteiger partial charge in [-0.3, -0.25) is 14.6 Å². The lowest BCUT2D eigenvalue weighted by Crippen LogP contribution is -2.54. The number of carbonyl (C=O) groups excluding carboxylic acids is 2.